The predicted molar refractivity (Wildman–Crippen MR) is 59.1 cm³/mol. The topological polar surface area (TPSA) is 26.0 Å². The van der Waals surface area contributed by atoms with Crippen molar-refractivity contribution in [1.82, 2.24) is 4.98 Å². The third kappa shape index (κ3) is 1.48. The summed E-state index contributed by atoms with van der Waals surface area (Å²) in [6, 6.07) is 8.48. The second kappa shape index (κ2) is 3.39. The number of oxazole rings is 1. The second-order valence-corrected chi connectivity index (χ2v) is 3.73. The lowest BCUT2D eigenvalue weighted by Gasteiger charge is -2.14. The van der Waals surface area contributed by atoms with Crippen LogP contribution >= 0.6 is 0 Å². The molecule has 1 aliphatic rings. The van der Waals surface area contributed by atoms with Crippen LogP contribution in [0.2, 0.25) is 0 Å². The van der Waals surface area contributed by atoms with Crippen LogP contribution in [-0.2, 0) is 6.42 Å². The Hall–Kier alpha value is -1.83. The summed E-state index contributed by atoms with van der Waals surface area (Å²) in [6.45, 7) is 0. The van der Waals surface area contributed by atoms with Gasteiger partial charge in [-0.2, -0.15) is 0 Å². The van der Waals surface area contributed by atoms with Crippen molar-refractivity contribution in [2.45, 2.75) is 12.8 Å². The lowest BCUT2D eigenvalue weighted by atomic mass is 9.91. The summed E-state index contributed by atoms with van der Waals surface area (Å²) in [5.41, 5.74) is 3.96. The smallest absolute Gasteiger partial charge is 0.181 e. The first-order valence-electron chi connectivity index (χ1n) is 5.11. The zero-order valence-electron chi connectivity index (χ0n) is 8.31. The van der Waals surface area contributed by atoms with E-state index in [2.05, 4.69) is 35.3 Å². The van der Waals surface area contributed by atoms with Crippen molar-refractivity contribution >= 4 is 11.6 Å². The first-order chi connectivity index (χ1) is 7.43. The van der Waals surface area contributed by atoms with Crippen LogP contribution in [0.15, 0.2) is 41.3 Å². The third-order valence-electron chi connectivity index (χ3n) is 2.80. The van der Waals surface area contributed by atoms with E-state index < -0.39 is 0 Å². The molecule has 0 spiro atoms. The third-order valence-corrected chi connectivity index (χ3v) is 2.80. The van der Waals surface area contributed by atoms with E-state index in [9.17, 15) is 0 Å². The van der Waals surface area contributed by atoms with Gasteiger partial charge in [0, 0.05) is 0 Å². The maximum absolute atomic E-state index is 5.31. The van der Waals surface area contributed by atoms with E-state index >= 15 is 0 Å². The van der Waals surface area contributed by atoms with Crippen molar-refractivity contribution in [1.29, 1.82) is 0 Å². The average molecular weight is 197 g/mol. The molecule has 2 heteroatoms. The molecule has 15 heavy (non-hydrogen) atoms. The van der Waals surface area contributed by atoms with E-state index in [4.69, 9.17) is 4.42 Å². The summed E-state index contributed by atoms with van der Waals surface area (Å²) in [6.07, 6.45) is 7.57. The molecule has 0 N–H and O–H groups in total. The van der Waals surface area contributed by atoms with Gasteiger partial charge in [0.05, 0.1) is 6.20 Å². The van der Waals surface area contributed by atoms with Crippen molar-refractivity contribution in [2.75, 3.05) is 0 Å². The van der Waals surface area contributed by atoms with Crippen LogP contribution in [-0.4, -0.2) is 4.98 Å². The Morgan fingerprint density at radius 1 is 1.13 bits per heavy atom. The molecule has 0 atom stereocenters. The number of hydrogen-bond acceptors (Lipinski definition) is 2. The zero-order valence-corrected chi connectivity index (χ0v) is 8.31. The molecule has 3 rings (SSSR count). The van der Waals surface area contributed by atoms with Gasteiger partial charge in [-0.3, -0.25) is 0 Å². The lowest BCUT2D eigenvalue weighted by Crippen LogP contribution is -1.97. The fourth-order valence-electron chi connectivity index (χ4n) is 2.00. The summed E-state index contributed by atoms with van der Waals surface area (Å²) in [4.78, 5) is 3.95. The SMILES string of the molecule is C1=C(c2cnco2)CCc2ccccc21. The van der Waals surface area contributed by atoms with Gasteiger partial charge in [-0.05, 0) is 35.6 Å². The number of fused-ring (bicyclic) bond motifs is 1. The van der Waals surface area contributed by atoms with Crippen molar-refractivity contribution in [3.63, 3.8) is 0 Å². The van der Waals surface area contributed by atoms with Crippen LogP contribution in [0.5, 0.6) is 0 Å². The molecule has 0 aliphatic heterocycles. The molecule has 0 radical (unpaired) electrons. The Morgan fingerprint density at radius 2 is 2.07 bits per heavy atom. The number of allylic oxidation sites excluding steroid dienone is 1. The van der Waals surface area contributed by atoms with Gasteiger partial charge in [-0.25, -0.2) is 4.98 Å². The first kappa shape index (κ1) is 8.48. The predicted octanol–water partition coefficient (Wildman–Crippen LogP) is 3.16. The van der Waals surface area contributed by atoms with Gasteiger partial charge in [0.2, 0.25) is 0 Å². The number of benzene rings is 1. The molecule has 0 unspecified atom stereocenters. The number of nitrogens with zero attached hydrogens (tertiary/aromatic N) is 1. The molecule has 2 nitrogen and oxygen atoms in total. The minimum atomic E-state index is 0.893. The van der Waals surface area contributed by atoms with E-state index in [1.165, 1.54) is 23.1 Å². The molecule has 1 heterocycles. The van der Waals surface area contributed by atoms with E-state index in [1.54, 1.807) is 6.20 Å². The standard InChI is InChI=1S/C13H11NO/c1-2-4-11-7-12(6-5-10(11)3-1)13-8-14-9-15-13/h1-4,7-9H,5-6H2. The Bertz CT molecular complexity index is 497. The summed E-state index contributed by atoms with van der Waals surface area (Å²) in [5, 5.41) is 0. The Labute approximate surface area is 88.3 Å². The van der Waals surface area contributed by atoms with E-state index in [1.807, 2.05) is 0 Å². The summed E-state index contributed by atoms with van der Waals surface area (Å²) >= 11 is 0. The van der Waals surface area contributed by atoms with Gasteiger partial charge in [0.15, 0.2) is 6.39 Å². The average Bonchev–Trinajstić information content (AvgIpc) is 2.82. The van der Waals surface area contributed by atoms with E-state index in [-0.39, 0.29) is 0 Å². The highest BCUT2D eigenvalue weighted by atomic mass is 16.3. The van der Waals surface area contributed by atoms with Crippen LogP contribution in [0.3, 0.4) is 0 Å². The number of aryl methyl sites for hydroxylation is 1. The van der Waals surface area contributed by atoms with E-state index in [0.29, 0.717) is 0 Å². The Morgan fingerprint density at radius 3 is 2.93 bits per heavy atom. The quantitative estimate of drug-likeness (QED) is 0.701. The maximum Gasteiger partial charge on any atom is 0.181 e. The van der Waals surface area contributed by atoms with Crippen LogP contribution in [0, 0.1) is 0 Å². The molecule has 1 aromatic heterocycles. The number of hydrogen-bond donors (Lipinski definition) is 0. The molecule has 1 aromatic carbocycles. The lowest BCUT2D eigenvalue weighted by molar-refractivity contribution is 0.542. The van der Waals surface area contributed by atoms with Gasteiger partial charge in [0.25, 0.3) is 0 Å². The molecule has 0 saturated heterocycles. The van der Waals surface area contributed by atoms with Crippen LogP contribution in [0.25, 0.3) is 11.6 Å². The first-order valence-corrected chi connectivity index (χ1v) is 5.11. The maximum atomic E-state index is 5.31. The largest absolute Gasteiger partial charge is 0.444 e. The van der Waals surface area contributed by atoms with Gasteiger partial charge in [-0.15, -0.1) is 0 Å². The molecule has 0 fully saturated rings. The minimum Gasteiger partial charge on any atom is -0.444 e. The molecule has 2 aromatic rings. The number of aromatic nitrogens is 1. The normalized spacial score (nSPS) is 14.5. The monoisotopic (exact) mass is 197 g/mol. The van der Waals surface area contributed by atoms with Crippen molar-refractivity contribution in [3.05, 3.63) is 53.7 Å². The van der Waals surface area contributed by atoms with Crippen molar-refractivity contribution < 1.29 is 4.42 Å². The molecule has 1 aliphatic carbocycles. The van der Waals surface area contributed by atoms with Gasteiger partial charge in [0.1, 0.15) is 5.76 Å². The minimum absolute atomic E-state index is 0.893. The fraction of sp³-hybridized carbons (Fsp3) is 0.154. The van der Waals surface area contributed by atoms with Crippen LogP contribution in [0.1, 0.15) is 23.3 Å². The Balaban J connectivity index is 2.06. The van der Waals surface area contributed by atoms with E-state index in [0.717, 1.165) is 18.6 Å². The summed E-state index contributed by atoms with van der Waals surface area (Å²) < 4.78 is 5.31. The van der Waals surface area contributed by atoms with Crippen molar-refractivity contribution in [2.24, 2.45) is 0 Å². The molecular formula is C13H11NO. The zero-order chi connectivity index (χ0) is 10.1. The molecule has 0 amide bonds. The number of rotatable bonds is 1. The fourth-order valence-corrected chi connectivity index (χ4v) is 2.00. The van der Waals surface area contributed by atoms with Crippen LogP contribution in [0.4, 0.5) is 0 Å². The Kier molecular flexibility index (Phi) is 1.91. The molecule has 74 valence electrons. The van der Waals surface area contributed by atoms with Gasteiger partial charge >= 0.3 is 0 Å². The molecular weight excluding hydrogens is 186 g/mol. The second-order valence-electron chi connectivity index (χ2n) is 3.73. The highest BCUT2D eigenvalue weighted by Crippen LogP contribution is 2.29. The van der Waals surface area contributed by atoms with Crippen molar-refractivity contribution in [3.8, 4) is 0 Å². The highest BCUT2D eigenvalue weighted by molar-refractivity contribution is 5.82. The van der Waals surface area contributed by atoms with Gasteiger partial charge in [-0.1, -0.05) is 24.3 Å². The highest BCUT2D eigenvalue weighted by Gasteiger charge is 2.12. The summed E-state index contributed by atoms with van der Waals surface area (Å²) in [5.74, 6) is 0.893. The van der Waals surface area contributed by atoms with Gasteiger partial charge < -0.3 is 4.42 Å². The summed E-state index contributed by atoms with van der Waals surface area (Å²) in [7, 11) is 0. The van der Waals surface area contributed by atoms with Crippen LogP contribution < -0.4 is 0 Å². The molecule has 0 saturated carbocycles. The molecule has 0 bridgehead atoms.